The summed E-state index contributed by atoms with van der Waals surface area (Å²) >= 11 is 0. The molecule has 0 spiro atoms. The summed E-state index contributed by atoms with van der Waals surface area (Å²) in [4.78, 5) is 0. The lowest BCUT2D eigenvalue weighted by Crippen LogP contribution is -2.23. The molecule has 1 heterocycles. The number of rotatable bonds is 4. The van der Waals surface area contributed by atoms with E-state index >= 15 is 0 Å². The molecule has 90 valence electrons. The Kier molecular flexibility index (Phi) is 3.49. The summed E-state index contributed by atoms with van der Waals surface area (Å²) in [7, 11) is 1.91. The van der Waals surface area contributed by atoms with Crippen LogP contribution >= 0.6 is 0 Å². The van der Waals surface area contributed by atoms with Crippen LogP contribution in [0.4, 0.5) is 4.39 Å². The summed E-state index contributed by atoms with van der Waals surface area (Å²) in [5.41, 5.74) is 1.72. The van der Waals surface area contributed by atoms with E-state index in [2.05, 4.69) is 22.6 Å². The molecular weight excluding hydrogens is 219 g/mol. The highest BCUT2D eigenvalue weighted by Crippen LogP contribution is 2.08. The van der Waals surface area contributed by atoms with Crippen LogP contribution in [0.5, 0.6) is 0 Å². The second-order valence-electron chi connectivity index (χ2n) is 4.02. The van der Waals surface area contributed by atoms with Crippen molar-refractivity contribution in [2.75, 3.05) is 7.05 Å². The fourth-order valence-electron chi connectivity index (χ4n) is 1.53. The molecule has 1 N–H and O–H groups in total. The normalized spacial score (nSPS) is 12.6. The molecule has 1 aromatic carbocycles. The van der Waals surface area contributed by atoms with Gasteiger partial charge in [-0.15, -0.1) is 5.10 Å². The lowest BCUT2D eigenvalue weighted by atomic mass is 10.2. The Bertz CT molecular complexity index is 478. The van der Waals surface area contributed by atoms with Gasteiger partial charge in [-0.05, 0) is 38.2 Å². The van der Waals surface area contributed by atoms with Crippen LogP contribution in [-0.4, -0.2) is 28.1 Å². The van der Waals surface area contributed by atoms with Crippen LogP contribution in [0.25, 0.3) is 5.69 Å². The maximum Gasteiger partial charge on any atom is 0.123 e. The van der Waals surface area contributed by atoms with E-state index in [1.54, 1.807) is 16.8 Å². The minimum absolute atomic E-state index is 0.252. The lowest BCUT2D eigenvalue weighted by molar-refractivity contribution is 0.599. The zero-order valence-corrected chi connectivity index (χ0v) is 9.89. The first-order valence-corrected chi connectivity index (χ1v) is 5.53. The molecule has 2 aromatic rings. The highest BCUT2D eigenvalue weighted by atomic mass is 19.1. The summed E-state index contributed by atoms with van der Waals surface area (Å²) < 4.78 is 14.4. The summed E-state index contributed by atoms with van der Waals surface area (Å²) in [5.74, 6) is -0.252. The molecule has 0 saturated heterocycles. The van der Waals surface area contributed by atoms with Crippen LogP contribution in [-0.2, 0) is 6.42 Å². The van der Waals surface area contributed by atoms with Crippen molar-refractivity contribution in [3.8, 4) is 5.69 Å². The average Bonchev–Trinajstić information content (AvgIpc) is 2.78. The minimum atomic E-state index is -0.252. The van der Waals surface area contributed by atoms with Gasteiger partial charge in [0.1, 0.15) is 5.82 Å². The third-order valence-corrected chi connectivity index (χ3v) is 2.64. The second kappa shape index (κ2) is 5.05. The molecule has 1 atom stereocenters. The third-order valence-electron chi connectivity index (χ3n) is 2.64. The Morgan fingerprint density at radius 3 is 2.71 bits per heavy atom. The molecule has 1 aromatic heterocycles. The molecule has 0 aliphatic heterocycles. The number of hydrogen-bond donors (Lipinski definition) is 1. The van der Waals surface area contributed by atoms with E-state index in [-0.39, 0.29) is 5.82 Å². The Hall–Kier alpha value is -1.75. The van der Waals surface area contributed by atoms with Crippen LogP contribution < -0.4 is 5.32 Å². The van der Waals surface area contributed by atoms with Gasteiger partial charge in [-0.3, -0.25) is 0 Å². The van der Waals surface area contributed by atoms with E-state index in [4.69, 9.17) is 0 Å². The number of likely N-dealkylation sites (N-methyl/N-ethyl adjacent to an activating group) is 1. The van der Waals surface area contributed by atoms with Crippen molar-refractivity contribution < 1.29 is 4.39 Å². The van der Waals surface area contributed by atoms with Crippen molar-refractivity contribution in [1.29, 1.82) is 0 Å². The quantitative estimate of drug-likeness (QED) is 0.873. The molecule has 4 nitrogen and oxygen atoms in total. The lowest BCUT2D eigenvalue weighted by Gasteiger charge is -2.05. The van der Waals surface area contributed by atoms with Crippen LogP contribution in [0.3, 0.4) is 0 Å². The molecule has 0 bridgehead atoms. The van der Waals surface area contributed by atoms with E-state index in [9.17, 15) is 4.39 Å². The third kappa shape index (κ3) is 2.88. The van der Waals surface area contributed by atoms with Gasteiger partial charge in [0.25, 0.3) is 0 Å². The Balaban J connectivity index is 2.15. The molecule has 2 rings (SSSR count). The molecule has 0 radical (unpaired) electrons. The molecule has 5 heteroatoms. The van der Waals surface area contributed by atoms with Crippen LogP contribution in [0.15, 0.2) is 30.5 Å². The summed E-state index contributed by atoms with van der Waals surface area (Å²) in [6.07, 6.45) is 2.68. The highest BCUT2D eigenvalue weighted by molar-refractivity contribution is 5.30. The molecule has 0 saturated carbocycles. The molecule has 1 unspecified atom stereocenters. The topological polar surface area (TPSA) is 42.7 Å². The SMILES string of the molecule is CNC(C)Cc1cn(-c2ccc(F)cc2)nn1. The van der Waals surface area contributed by atoms with Gasteiger partial charge in [-0.25, -0.2) is 9.07 Å². The summed E-state index contributed by atoms with van der Waals surface area (Å²) in [5, 5.41) is 11.2. The number of hydrogen-bond acceptors (Lipinski definition) is 3. The number of aromatic nitrogens is 3. The van der Waals surface area contributed by atoms with Gasteiger partial charge >= 0.3 is 0 Å². The summed E-state index contributed by atoms with van der Waals surface area (Å²) in [6.45, 7) is 2.08. The maximum atomic E-state index is 12.8. The van der Waals surface area contributed by atoms with Crippen molar-refractivity contribution in [3.63, 3.8) is 0 Å². The van der Waals surface area contributed by atoms with Crippen molar-refractivity contribution >= 4 is 0 Å². The number of nitrogens with one attached hydrogen (secondary N) is 1. The second-order valence-corrected chi connectivity index (χ2v) is 4.02. The van der Waals surface area contributed by atoms with E-state index in [1.165, 1.54) is 12.1 Å². The van der Waals surface area contributed by atoms with Crippen molar-refractivity contribution in [2.24, 2.45) is 0 Å². The van der Waals surface area contributed by atoms with Crippen molar-refractivity contribution in [3.05, 3.63) is 42.0 Å². The largest absolute Gasteiger partial charge is 0.317 e. The van der Waals surface area contributed by atoms with E-state index in [0.717, 1.165) is 17.8 Å². The Morgan fingerprint density at radius 2 is 2.06 bits per heavy atom. The number of benzene rings is 1. The zero-order chi connectivity index (χ0) is 12.3. The van der Waals surface area contributed by atoms with Crippen LogP contribution in [0.1, 0.15) is 12.6 Å². The standard InChI is InChI=1S/C12H15FN4/c1-9(14-2)7-11-8-17(16-15-11)12-5-3-10(13)4-6-12/h3-6,8-9,14H,7H2,1-2H3. The first kappa shape index (κ1) is 11.7. The van der Waals surface area contributed by atoms with Gasteiger partial charge in [0.15, 0.2) is 0 Å². The molecule has 0 aliphatic rings. The first-order valence-electron chi connectivity index (χ1n) is 5.53. The van der Waals surface area contributed by atoms with Gasteiger partial charge in [0.05, 0.1) is 17.6 Å². The van der Waals surface area contributed by atoms with Gasteiger partial charge in [0, 0.05) is 12.5 Å². The molecule has 0 aliphatic carbocycles. The van der Waals surface area contributed by atoms with Crippen molar-refractivity contribution in [1.82, 2.24) is 20.3 Å². The monoisotopic (exact) mass is 234 g/mol. The molecular formula is C12H15FN4. The number of halogens is 1. The molecule has 17 heavy (non-hydrogen) atoms. The van der Waals surface area contributed by atoms with Crippen molar-refractivity contribution in [2.45, 2.75) is 19.4 Å². The fraction of sp³-hybridized carbons (Fsp3) is 0.333. The zero-order valence-electron chi connectivity index (χ0n) is 9.89. The average molecular weight is 234 g/mol. The Morgan fingerprint density at radius 1 is 1.35 bits per heavy atom. The van der Waals surface area contributed by atoms with E-state index < -0.39 is 0 Å². The summed E-state index contributed by atoms with van der Waals surface area (Å²) in [6, 6.07) is 6.53. The maximum absolute atomic E-state index is 12.8. The van der Waals surface area contributed by atoms with Gasteiger partial charge in [0.2, 0.25) is 0 Å². The van der Waals surface area contributed by atoms with E-state index in [0.29, 0.717) is 6.04 Å². The van der Waals surface area contributed by atoms with Gasteiger partial charge in [-0.1, -0.05) is 5.21 Å². The van der Waals surface area contributed by atoms with Gasteiger partial charge in [-0.2, -0.15) is 0 Å². The van der Waals surface area contributed by atoms with Crippen LogP contribution in [0, 0.1) is 5.82 Å². The fourth-order valence-corrected chi connectivity index (χ4v) is 1.53. The highest BCUT2D eigenvalue weighted by Gasteiger charge is 2.06. The smallest absolute Gasteiger partial charge is 0.123 e. The Labute approximate surface area is 99.5 Å². The molecule has 0 amide bonds. The van der Waals surface area contributed by atoms with Gasteiger partial charge < -0.3 is 5.32 Å². The number of nitrogens with zero attached hydrogens (tertiary/aromatic N) is 3. The predicted octanol–water partition coefficient (Wildman–Crippen LogP) is 1.56. The van der Waals surface area contributed by atoms with Crippen LogP contribution in [0.2, 0.25) is 0 Å². The molecule has 0 fully saturated rings. The van der Waals surface area contributed by atoms with E-state index in [1.807, 2.05) is 13.2 Å². The minimum Gasteiger partial charge on any atom is -0.317 e. The predicted molar refractivity (Wildman–Crippen MR) is 63.5 cm³/mol. The first-order chi connectivity index (χ1) is 8.19.